The Morgan fingerprint density at radius 2 is 2.41 bits per heavy atom. The molecule has 0 saturated carbocycles. The molecule has 110 valence electrons. The van der Waals surface area contributed by atoms with Crippen LogP contribution >= 0.6 is 0 Å². The maximum absolute atomic E-state index is 12.0. The Hall–Kier alpha value is -2.98. The van der Waals surface area contributed by atoms with Crippen molar-refractivity contribution in [3.8, 4) is 6.07 Å². The van der Waals surface area contributed by atoms with Crippen molar-refractivity contribution in [1.29, 1.82) is 5.26 Å². The second-order valence-corrected chi connectivity index (χ2v) is 4.93. The van der Waals surface area contributed by atoms with E-state index < -0.39 is 0 Å². The fourth-order valence-electron chi connectivity index (χ4n) is 2.21. The zero-order chi connectivity index (χ0) is 15.5. The summed E-state index contributed by atoms with van der Waals surface area (Å²) in [6.45, 7) is 2.44. The number of nitrogens with one attached hydrogen (secondary N) is 2. The molecule has 0 radical (unpaired) electrons. The lowest BCUT2D eigenvalue weighted by molar-refractivity contribution is 0.565. The van der Waals surface area contributed by atoms with Gasteiger partial charge >= 0.3 is 0 Å². The first kappa shape index (κ1) is 14.0. The summed E-state index contributed by atoms with van der Waals surface area (Å²) in [6, 6.07) is 7.40. The number of pyridine rings is 1. The third-order valence-electron chi connectivity index (χ3n) is 3.44. The van der Waals surface area contributed by atoms with Gasteiger partial charge in [-0.05, 0) is 18.6 Å². The Kier molecular flexibility index (Phi) is 3.68. The number of aromatic amines is 1. The van der Waals surface area contributed by atoms with Crippen LogP contribution in [0.3, 0.4) is 0 Å². The largest absolute Gasteiger partial charge is 0.305 e. The fraction of sp³-hybridized carbons (Fsp3) is 0.200. The van der Waals surface area contributed by atoms with E-state index in [2.05, 4.69) is 20.4 Å². The second kappa shape index (κ2) is 5.79. The summed E-state index contributed by atoms with van der Waals surface area (Å²) in [6.07, 6.45) is 4.99. The minimum Gasteiger partial charge on any atom is -0.305 e. The summed E-state index contributed by atoms with van der Waals surface area (Å²) in [7, 11) is 0. The van der Waals surface area contributed by atoms with E-state index in [1.807, 2.05) is 25.1 Å². The summed E-state index contributed by atoms with van der Waals surface area (Å²) in [5, 5.41) is 15.0. The zero-order valence-corrected chi connectivity index (χ0v) is 11.9. The van der Waals surface area contributed by atoms with Crippen molar-refractivity contribution in [2.24, 2.45) is 0 Å². The molecule has 3 aromatic heterocycles. The van der Waals surface area contributed by atoms with Crippen LogP contribution in [0, 0.1) is 11.3 Å². The van der Waals surface area contributed by atoms with Crippen LogP contribution in [-0.2, 0) is 6.54 Å². The highest BCUT2D eigenvalue weighted by atomic mass is 16.1. The van der Waals surface area contributed by atoms with E-state index in [0.29, 0.717) is 23.4 Å². The fourth-order valence-corrected chi connectivity index (χ4v) is 2.21. The van der Waals surface area contributed by atoms with Crippen molar-refractivity contribution in [3.05, 3.63) is 64.0 Å². The molecule has 0 amide bonds. The van der Waals surface area contributed by atoms with E-state index in [1.165, 1.54) is 16.8 Å². The Labute approximate surface area is 126 Å². The smallest absolute Gasteiger partial charge is 0.272 e. The average molecular weight is 294 g/mol. The van der Waals surface area contributed by atoms with Crippen molar-refractivity contribution in [2.45, 2.75) is 19.5 Å². The molecule has 0 aromatic carbocycles. The van der Waals surface area contributed by atoms with E-state index >= 15 is 0 Å². The standard InChI is InChI=1S/C15H14N6O/c1-10(11-3-2-4-17-7-11)18-9-13-5-14(22)21-15(20-13)12(6-16)8-19-21/h2-5,7-8,10,18-19H,9H2,1H3. The summed E-state index contributed by atoms with van der Waals surface area (Å²) in [4.78, 5) is 20.4. The molecule has 3 rings (SSSR count). The molecule has 0 fully saturated rings. The maximum Gasteiger partial charge on any atom is 0.272 e. The van der Waals surface area contributed by atoms with Gasteiger partial charge in [0.2, 0.25) is 0 Å². The molecular formula is C15H14N6O. The first-order chi connectivity index (χ1) is 10.7. The van der Waals surface area contributed by atoms with E-state index in [9.17, 15) is 4.79 Å². The first-order valence-electron chi connectivity index (χ1n) is 6.82. The highest BCUT2D eigenvalue weighted by Gasteiger charge is 2.10. The number of aromatic nitrogens is 4. The lowest BCUT2D eigenvalue weighted by Crippen LogP contribution is -2.22. The van der Waals surface area contributed by atoms with Gasteiger partial charge in [0.05, 0.1) is 5.69 Å². The molecule has 22 heavy (non-hydrogen) atoms. The van der Waals surface area contributed by atoms with E-state index in [0.717, 1.165) is 5.56 Å². The van der Waals surface area contributed by atoms with Crippen LogP contribution in [0.15, 0.2) is 41.6 Å². The molecule has 2 N–H and O–H groups in total. The molecule has 1 unspecified atom stereocenters. The number of hydrogen-bond donors (Lipinski definition) is 2. The molecule has 3 aromatic rings. The van der Waals surface area contributed by atoms with Gasteiger partial charge in [0.1, 0.15) is 11.6 Å². The summed E-state index contributed by atoms with van der Waals surface area (Å²) in [5.41, 5.74) is 2.11. The van der Waals surface area contributed by atoms with Gasteiger partial charge in [-0.25, -0.2) is 9.50 Å². The molecule has 0 saturated heterocycles. The van der Waals surface area contributed by atoms with E-state index in [1.54, 1.807) is 12.4 Å². The third kappa shape index (κ3) is 2.60. The van der Waals surface area contributed by atoms with Crippen molar-refractivity contribution >= 4 is 5.65 Å². The van der Waals surface area contributed by atoms with Crippen molar-refractivity contribution in [2.75, 3.05) is 0 Å². The number of nitrogens with zero attached hydrogens (tertiary/aromatic N) is 4. The lowest BCUT2D eigenvalue weighted by atomic mass is 10.1. The molecule has 0 aliphatic heterocycles. The predicted molar refractivity (Wildman–Crippen MR) is 80.0 cm³/mol. The number of fused-ring (bicyclic) bond motifs is 1. The normalized spacial score (nSPS) is 12.2. The minimum absolute atomic E-state index is 0.0793. The summed E-state index contributed by atoms with van der Waals surface area (Å²) >= 11 is 0. The van der Waals surface area contributed by atoms with Crippen molar-refractivity contribution in [1.82, 2.24) is 24.9 Å². The first-order valence-corrected chi connectivity index (χ1v) is 6.82. The highest BCUT2D eigenvalue weighted by molar-refractivity contribution is 5.53. The Bertz CT molecular complexity index is 890. The highest BCUT2D eigenvalue weighted by Crippen LogP contribution is 2.11. The van der Waals surface area contributed by atoms with Gasteiger partial charge in [-0.1, -0.05) is 6.07 Å². The SMILES string of the molecule is CC(NCc1cc(=O)n2[nH]cc(C#N)c2n1)c1cccnc1. The number of nitriles is 1. The van der Waals surface area contributed by atoms with Gasteiger partial charge in [-0.3, -0.25) is 14.9 Å². The Balaban J connectivity index is 1.83. The summed E-state index contributed by atoms with van der Waals surface area (Å²) < 4.78 is 1.26. The van der Waals surface area contributed by atoms with Crippen LogP contribution in [0.5, 0.6) is 0 Å². The topological polar surface area (TPSA) is 98.9 Å². The summed E-state index contributed by atoms with van der Waals surface area (Å²) in [5.74, 6) is 0. The number of rotatable bonds is 4. The molecule has 3 heterocycles. The minimum atomic E-state index is -0.239. The van der Waals surface area contributed by atoms with E-state index in [4.69, 9.17) is 5.26 Å². The molecule has 0 aliphatic carbocycles. The van der Waals surface area contributed by atoms with Crippen LogP contribution < -0.4 is 10.9 Å². The molecular weight excluding hydrogens is 280 g/mol. The van der Waals surface area contributed by atoms with Gasteiger partial charge < -0.3 is 5.32 Å². The molecule has 0 spiro atoms. The predicted octanol–water partition coefficient (Wildman–Crippen LogP) is 1.14. The van der Waals surface area contributed by atoms with Gasteiger partial charge in [-0.2, -0.15) is 5.26 Å². The monoisotopic (exact) mass is 294 g/mol. The molecule has 7 nitrogen and oxygen atoms in total. The number of hydrogen-bond acceptors (Lipinski definition) is 5. The van der Waals surface area contributed by atoms with Crippen LogP contribution in [0.4, 0.5) is 0 Å². The maximum atomic E-state index is 12.0. The number of H-pyrrole nitrogens is 1. The van der Waals surface area contributed by atoms with Gasteiger partial charge in [0, 0.05) is 37.2 Å². The molecule has 7 heteroatoms. The van der Waals surface area contributed by atoms with Gasteiger partial charge in [-0.15, -0.1) is 0 Å². The van der Waals surface area contributed by atoms with Crippen molar-refractivity contribution in [3.63, 3.8) is 0 Å². The molecule has 0 aliphatic rings. The Morgan fingerprint density at radius 1 is 1.55 bits per heavy atom. The van der Waals surface area contributed by atoms with Crippen LogP contribution in [0.25, 0.3) is 5.65 Å². The van der Waals surface area contributed by atoms with Crippen LogP contribution in [0.2, 0.25) is 0 Å². The molecule has 1 atom stereocenters. The quantitative estimate of drug-likeness (QED) is 0.751. The van der Waals surface area contributed by atoms with Gasteiger partial charge in [0.15, 0.2) is 5.65 Å². The van der Waals surface area contributed by atoms with Gasteiger partial charge in [0.25, 0.3) is 5.56 Å². The lowest BCUT2D eigenvalue weighted by Gasteiger charge is -2.13. The van der Waals surface area contributed by atoms with Crippen LogP contribution in [-0.4, -0.2) is 19.6 Å². The second-order valence-electron chi connectivity index (χ2n) is 4.93. The molecule has 0 bridgehead atoms. The van der Waals surface area contributed by atoms with E-state index in [-0.39, 0.29) is 11.6 Å². The van der Waals surface area contributed by atoms with Crippen molar-refractivity contribution < 1.29 is 0 Å². The Morgan fingerprint density at radius 3 is 3.14 bits per heavy atom. The van der Waals surface area contributed by atoms with Crippen LogP contribution in [0.1, 0.15) is 29.8 Å². The zero-order valence-electron chi connectivity index (χ0n) is 11.9. The average Bonchev–Trinajstić information content (AvgIpc) is 2.97. The third-order valence-corrected chi connectivity index (χ3v) is 3.44.